The van der Waals surface area contributed by atoms with E-state index in [-0.39, 0.29) is 25.5 Å². The molecule has 0 radical (unpaired) electrons. The second-order valence-corrected chi connectivity index (χ2v) is 4.82. The number of thioether (sulfide) groups is 1. The lowest BCUT2D eigenvalue weighted by atomic mass is 10.4. The molecule has 0 spiro atoms. The van der Waals surface area contributed by atoms with E-state index in [4.69, 9.17) is 4.52 Å². The maximum atomic E-state index is 11.6. The largest absolute Gasteiger partial charge is 0.345 e. The Morgan fingerprint density at radius 2 is 2.35 bits per heavy atom. The molecule has 1 aromatic rings. The fourth-order valence-electron chi connectivity index (χ4n) is 1.54. The van der Waals surface area contributed by atoms with Crippen LogP contribution in [-0.4, -0.2) is 52.2 Å². The van der Waals surface area contributed by atoms with Crippen LogP contribution in [0.15, 0.2) is 4.52 Å². The molecule has 2 rings (SSSR count). The predicted octanol–water partition coefficient (Wildman–Crippen LogP) is -0.899. The van der Waals surface area contributed by atoms with Gasteiger partial charge in [-0.15, -0.1) is 0 Å². The SMILES string of the molecule is CSCc1noc(CNC(=O)CN2C(=O)CNC2=O)n1. The molecule has 20 heavy (non-hydrogen) atoms. The summed E-state index contributed by atoms with van der Waals surface area (Å²) in [6.07, 6.45) is 1.91. The summed E-state index contributed by atoms with van der Waals surface area (Å²) in [5, 5.41) is 8.56. The van der Waals surface area contributed by atoms with Crippen LogP contribution in [0.3, 0.4) is 0 Å². The number of urea groups is 1. The van der Waals surface area contributed by atoms with Crippen LogP contribution < -0.4 is 10.6 Å². The van der Waals surface area contributed by atoms with Gasteiger partial charge in [0.25, 0.3) is 5.91 Å². The van der Waals surface area contributed by atoms with Gasteiger partial charge in [0.15, 0.2) is 5.82 Å². The van der Waals surface area contributed by atoms with Crippen LogP contribution in [0.1, 0.15) is 11.7 Å². The molecule has 0 atom stereocenters. The molecule has 108 valence electrons. The van der Waals surface area contributed by atoms with E-state index in [1.54, 1.807) is 11.8 Å². The molecule has 0 bridgehead atoms. The molecule has 4 amide bonds. The second kappa shape index (κ2) is 6.37. The van der Waals surface area contributed by atoms with Gasteiger partial charge in [-0.05, 0) is 6.26 Å². The van der Waals surface area contributed by atoms with E-state index in [9.17, 15) is 14.4 Å². The van der Waals surface area contributed by atoms with Crippen LogP contribution in [0.5, 0.6) is 0 Å². The Morgan fingerprint density at radius 1 is 1.55 bits per heavy atom. The summed E-state index contributed by atoms with van der Waals surface area (Å²) < 4.78 is 4.93. The molecule has 1 aliphatic rings. The summed E-state index contributed by atoms with van der Waals surface area (Å²) in [5.74, 6) is 0.556. The summed E-state index contributed by atoms with van der Waals surface area (Å²) in [6.45, 7) is -0.339. The number of carbonyl (C=O) groups excluding carboxylic acids is 3. The number of carbonyl (C=O) groups is 3. The lowest BCUT2D eigenvalue weighted by molar-refractivity contribution is -0.130. The molecule has 1 aliphatic heterocycles. The Balaban J connectivity index is 1.79. The van der Waals surface area contributed by atoms with Gasteiger partial charge >= 0.3 is 6.03 Å². The van der Waals surface area contributed by atoms with E-state index < -0.39 is 17.8 Å². The molecule has 0 aliphatic carbocycles. The zero-order chi connectivity index (χ0) is 14.5. The lowest BCUT2D eigenvalue weighted by Crippen LogP contribution is -2.40. The summed E-state index contributed by atoms with van der Waals surface area (Å²) in [5.41, 5.74) is 0. The number of imide groups is 1. The van der Waals surface area contributed by atoms with Gasteiger partial charge < -0.3 is 15.2 Å². The first kappa shape index (κ1) is 14.3. The average Bonchev–Trinajstić information content (AvgIpc) is 2.99. The quantitative estimate of drug-likeness (QED) is 0.654. The van der Waals surface area contributed by atoms with Crippen molar-refractivity contribution in [2.45, 2.75) is 12.3 Å². The van der Waals surface area contributed by atoms with Gasteiger partial charge in [-0.1, -0.05) is 5.16 Å². The number of hydrogen-bond donors (Lipinski definition) is 2. The first-order valence-electron chi connectivity index (χ1n) is 5.75. The molecule has 1 fully saturated rings. The zero-order valence-corrected chi connectivity index (χ0v) is 11.5. The number of nitrogens with one attached hydrogen (secondary N) is 2. The molecule has 2 heterocycles. The minimum absolute atomic E-state index is 0.0594. The second-order valence-electron chi connectivity index (χ2n) is 3.95. The number of aromatic nitrogens is 2. The highest BCUT2D eigenvalue weighted by Crippen LogP contribution is 2.05. The average molecular weight is 299 g/mol. The highest BCUT2D eigenvalue weighted by atomic mass is 32.2. The van der Waals surface area contributed by atoms with Crippen LogP contribution in [0.4, 0.5) is 4.79 Å². The predicted molar refractivity (Wildman–Crippen MR) is 68.5 cm³/mol. The minimum atomic E-state index is -0.565. The van der Waals surface area contributed by atoms with Crippen LogP contribution in [0.25, 0.3) is 0 Å². The van der Waals surface area contributed by atoms with Gasteiger partial charge in [0.2, 0.25) is 11.8 Å². The number of nitrogens with zero attached hydrogens (tertiary/aromatic N) is 3. The highest BCUT2D eigenvalue weighted by Gasteiger charge is 2.30. The van der Waals surface area contributed by atoms with Crippen LogP contribution >= 0.6 is 11.8 Å². The summed E-state index contributed by atoms with van der Waals surface area (Å²) in [4.78, 5) is 39.1. The minimum Gasteiger partial charge on any atom is -0.345 e. The Bertz CT molecular complexity index is 515. The Labute approximate surface area is 118 Å². The molecule has 0 aromatic carbocycles. The highest BCUT2D eigenvalue weighted by molar-refractivity contribution is 7.97. The van der Waals surface area contributed by atoms with Crippen molar-refractivity contribution in [3.63, 3.8) is 0 Å². The fourth-order valence-corrected chi connectivity index (χ4v) is 1.91. The number of amides is 4. The molecule has 0 unspecified atom stereocenters. The summed E-state index contributed by atoms with van der Waals surface area (Å²) in [6, 6.07) is -0.565. The third-order valence-corrected chi connectivity index (χ3v) is 3.01. The van der Waals surface area contributed by atoms with Crippen molar-refractivity contribution in [3.8, 4) is 0 Å². The first-order chi connectivity index (χ1) is 9.60. The fraction of sp³-hybridized carbons (Fsp3) is 0.500. The summed E-state index contributed by atoms with van der Waals surface area (Å²) in [7, 11) is 0. The molecule has 9 nitrogen and oxygen atoms in total. The molecule has 1 aromatic heterocycles. The molecule has 0 saturated carbocycles. The van der Waals surface area contributed by atoms with Gasteiger partial charge in [-0.3, -0.25) is 14.5 Å². The Morgan fingerprint density at radius 3 is 3.00 bits per heavy atom. The zero-order valence-electron chi connectivity index (χ0n) is 10.7. The standard InChI is InChI=1S/C10H13N5O4S/c1-20-5-6-13-8(19-14-6)2-11-7(16)4-15-9(17)3-12-10(15)18/h2-5H2,1H3,(H,11,16)(H,12,18). The Kier molecular flexibility index (Phi) is 4.56. The number of hydrogen-bond acceptors (Lipinski definition) is 7. The van der Waals surface area contributed by atoms with Crippen molar-refractivity contribution in [1.29, 1.82) is 0 Å². The molecule has 10 heteroatoms. The van der Waals surface area contributed by atoms with Crippen LogP contribution in [0, 0.1) is 0 Å². The monoisotopic (exact) mass is 299 g/mol. The van der Waals surface area contributed by atoms with Crippen molar-refractivity contribution in [1.82, 2.24) is 25.7 Å². The third-order valence-electron chi connectivity index (χ3n) is 2.46. The van der Waals surface area contributed by atoms with Gasteiger partial charge in [-0.25, -0.2) is 4.79 Å². The van der Waals surface area contributed by atoms with Crippen molar-refractivity contribution in [2.75, 3.05) is 19.3 Å². The van der Waals surface area contributed by atoms with E-state index in [0.717, 1.165) is 4.90 Å². The Hall–Kier alpha value is -2.10. The molecular formula is C10H13N5O4S. The van der Waals surface area contributed by atoms with Crippen molar-refractivity contribution in [3.05, 3.63) is 11.7 Å². The van der Waals surface area contributed by atoms with Gasteiger partial charge in [0, 0.05) is 0 Å². The maximum Gasteiger partial charge on any atom is 0.325 e. The van der Waals surface area contributed by atoms with E-state index in [0.29, 0.717) is 11.6 Å². The normalized spacial score (nSPS) is 14.6. The van der Waals surface area contributed by atoms with Crippen molar-refractivity contribution in [2.24, 2.45) is 0 Å². The smallest absolute Gasteiger partial charge is 0.325 e. The van der Waals surface area contributed by atoms with E-state index >= 15 is 0 Å². The van der Waals surface area contributed by atoms with Gasteiger partial charge in [-0.2, -0.15) is 16.7 Å². The summed E-state index contributed by atoms with van der Waals surface area (Å²) >= 11 is 1.55. The lowest BCUT2D eigenvalue weighted by Gasteiger charge is -2.11. The maximum absolute atomic E-state index is 11.6. The van der Waals surface area contributed by atoms with E-state index in [1.807, 2.05) is 6.26 Å². The van der Waals surface area contributed by atoms with Crippen molar-refractivity contribution < 1.29 is 18.9 Å². The number of rotatable bonds is 6. The van der Waals surface area contributed by atoms with Crippen molar-refractivity contribution >= 4 is 29.6 Å². The molecule has 2 N–H and O–H groups in total. The van der Waals surface area contributed by atoms with Crippen LogP contribution in [0.2, 0.25) is 0 Å². The molecular weight excluding hydrogens is 286 g/mol. The van der Waals surface area contributed by atoms with E-state index in [2.05, 4.69) is 20.8 Å². The molecule has 1 saturated heterocycles. The van der Waals surface area contributed by atoms with E-state index in [1.165, 1.54) is 0 Å². The van der Waals surface area contributed by atoms with Gasteiger partial charge in [0.05, 0.1) is 18.8 Å². The van der Waals surface area contributed by atoms with Crippen LogP contribution in [-0.2, 0) is 21.9 Å². The van der Waals surface area contributed by atoms with Gasteiger partial charge in [0.1, 0.15) is 6.54 Å². The third kappa shape index (κ3) is 3.47. The topological polar surface area (TPSA) is 117 Å². The first-order valence-corrected chi connectivity index (χ1v) is 7.15.